The fourth-order valence-corrected chi connectivity index (χ4v) is 6.58. The second kappa shape index (κ2) is 15.8. The Balaban J connectivity index is 0.000000181. The molecule has 0 bridgehead atoms. The molecule has 278 valence electrons. The van der Waals surface area contributed by atoms with Crippen molar-refractivity contribution in [3.8, 4) is 11.5 Å². The van der Waals surface area contributed by atoms with Crippen LogP contribution in [0.15, 0.2) is 121 Å². The summed E-state index contributed by atoms with van der Waals surface area (Å²) in [5, 5.41) is 9.24. The number of aromatic nitrogens is 4. The van der Waals surface area contributed by atoms with E-state index >= 15 is 0 Å². The van der Waals surface area contributed by atoms with Crippen LogP contribution >= 0.6 is 0 Å². The fourth-order valence-electron chi connectivity index (χ4n) is 6.58. The highest BCUT2D eigenvalue weighted by molar-refractivity contribution is 6.06. The molecular weight excluding hydrogens is 677 g/mol. The predicted molar refractivity (Wildman–Crippen MR) is 212 cm³/mol. The lowest BCUT2D eigenvalue weighted by molar-refractivity contribution is 0.0924. The van der Waals surface area contributed by atoms with E-state index in [4.69, 9.17) is 9.47 Å². The Morgan fingerprint density at radius 3 is 1.65 bits per heavy atom. The van der Waals surface area contributed by atoms with E-state index in [1.165, 1.54) is 11.1 Å². The van der Waals surface area contributed by atoms with Gasteiger partial charge >= 0.3 is 0 Å². The molecule has 1 unspecified atom stereocenters. The Morgan fingerprint density at radius 2 is 1.11 bits per heavy atom. The van der Waals surface area contributed by atoms with Crippen LogP contribution in [0.2, 0.25) is 0 Å². The highest BCUT2D eigenvalue weighted by atomic mass is 16.5. The highest BCUT2D eigenvalue weighted by Crippen LogP contribution is 2.31. The number of ether oxygens (including phenoxy) is 2. The molecule has 10 heteroatoms. The monoisotopic (exact) mass is 724 g/mol. The van der Waals surface area contributed by atoms with Crippen molar-refractivity contribution in [2.75, 3.05) is 22.9 Å². The Kier molecular flexibility index (Phi) is 11.0. The van der Waals surface area contributed by atoms with E-state index in [0.717, 1.165) is 34.3 Å². The largest absolute Gasteiger partial charge is 0.487 e. The van der Waals surface area contributed by atoms with E-state index in [1.54, 1.807) is 0 Å². The van der Waals surface area contributed by atoms with Crippen molar-refractivity contribution in [2.45, 2.75) is 66.8 Å². The Bertz CT molecular complexity index is 2190. The molecule has 4 heterocycles. The molecule has 0 fully saturated rings. The molecule has 0 aliphatic carbocycles. The number of hydrogen-bond donors (Lipinski definition) is 0. The Morgan fingerprint density at radius 1 is 0.648 bits per heavy atom. The van der Waals surface area contributed by atoms with Crippen LogP contribution in [0, 0.1) is 13.8 Å². The van der Waals surface area contributed by atoms with Crippen molar-refractivity contribution in [1.82, 2.24) is 19.6 Å². The quantitative estimate of drug-likeness (QED) is 0.156. The van der Waals surface area contributed by atoms with Gasteiger partial charge in [-0.25, -0.2) is 0 Å². The number of carbonyl (C=O) groups excluding carboxylic acids is 2. The normalized spacial score (nSPS) is 15.7. The van der Waals surface area contributed by atoms with Crippen LogP contribution in [0.3, 0.4) is 0 Å². The molecule has 0 spiro atoms. The van der Waals surface area contributed by atoms with Gasteiger partial charge in [-0.2, -0.15) is 10.2 Å². The van der Waals surface area contributed by atoms with Crippen molar-refractivity contribution in [3.05, 3.63) is 155 Å². The lowest BCUT2D eigenvalue weighted by atomic mass is 10.0. The van der Waals surface area contributed by atoms with Crippen molar-refractivity contribution in [3.63, 3.8) is 0 Å². The summed E-state index contributed by atoms with van der Waals surface area (Å²) in [5.74, 6) is 1.52. The number of para-hydroxylation sites is 2. The molecule has 4 aromatic carbocycles. The number of aryl methyl sites for hydroxylation is 2. The van der Waals surface area contributed by atoms with E-state index in [-0.39, 0.29) is 30.8 Å². The van der Waals surface area contributed by atoms with Crippen molar-refractivity contribution >= 4 is 23.2 Å². The summed E-state index contributed by atoms with van der Waals surface area (Å²) in [6, 6.07) is 39.1. The maximum absolute atomic E-state index is 13.1. The summed E-state index contributed by atoms with van der Waals surface area (Å²) in [6.07, 6.45) is 0. The minimum atomic E-state index is -0.306. The van der Waals surface area contributed by atoms with Crippen molar-refractivity contribution in [2.24, 2.45) is 0 Å². The van der Waals surface area contributed by atoms with Gasteiger partial charge in [0.1, 0.15) is 47.5 Å². The van der Waals surface area contributed by atoms with Crippen LogP contribution in [-0.4, -0.2) is 44.5 Å². The van der Waals surface area contributed by atoms with Gasteiger partial charge in [0.25, 0.3) is 11.8 Å². The summed E-state index contributed by atoms with van der Waals surface area (Å²) in [4.78, 5) is 29.7. The first-order valence-corrected chi connectivity index (χ1v) is 17.9. The molecule has 0 radical (unpaired) electrons. The summed E-state index contributed by atoms with van der Waals surface area (Å²) >= 11 is 0. The molecule has 6 aromatic rings. The lowest BCUT2D eigenvalue weighted by Crippen LogP contribution is -2.51. The topological polar surface area (TPSA) is 94.7 Å². The van der Waals surface area contributed by atoms with Crippen molar-refractivity contribution in [1.29, 1.82) is 0 Å². The van der Waals surface area contributed by atoms with Crippen LogP contribution in [0.5, 0.6) is 11.5 Å². The van der Waals surface area contributed by atoms with Gasteiger partial charge in [0.15, 0.2) is 0 Å². The number of anilines is 2. The van der Waals surface area contributed by atoms with E-state index in [2.05, 4.69) is 31.0 Å². The molecule has 2 amide bonds. The third kappa shape index (κ3) is 8.07. The zero-order valence-electron chi connectivity index (χ0n) is 30.8. The zero-order chi connectivity index (χ0) is 37.1. The second-order valence-electron chi connectivity index (χ2n) is 14.2. The fraction of sp³-hybridized carbons (Fsp3) is 0.273. The van der Waals surface area contributed by atoms with E-state index in [0.29, 0.717) is 37.7 Å². The average Bonchev–Trinajstić information content (AvgIpc) is 3.82. The van der Waals surface area contributed by atoms with Gasteiger partial charge in [-0.05, 0) is 95.3 Å². The molecule has 54 heavy (non-hydrogen) atoms. The molecule has 2 aliphatic heterocycles. The van der Waals surface area contributed by atoms with Gasteiger partial charge in [-0.1, -0.05) is 79.2 Å². The first-order chi connectivity index (χ1) is 25.6. The first-order valence-electron chi connectivity index (χ1n) is 17.9. The SMILES string of the molecule is C.Cc1ccc(N2CC(C)(C)n3nc(COc4ccccc4)cc3C2=O)cc1.Cc1ccc(N2CC(C)n3nc(COc4ccccc4)cc3C2=O)cc1. The van der Waals surface area contributed by atoms with Gasteiger partial charge in [-0.15, -0.1) is 0 Å². The standard InChI is InChI=1S/C22H23N3O2.C21H21N3O2.CH4/c1-16-9-11-18(12-10-16)24-15-22(2,3)25-20(21(24)26)13-17(23-25)14-27-19-7-5-4-6-8-19;1-15-8-10-18(11-9-15)23-13-16(2)24-20(21(23)25)12-17(22-24)14-26-19-6-4-3-5-7-19;/h4-13H,14-15H2,1-3H3;3-12,16H,13-14H2,1-2H3;1H4. The molecule has 1 atom stereocenters. The molecule has 0 saturated carbocycles. The molecule has 10 nitrogen and oxygen atoms in total. The number of amides is 2. The van der Waals surface area contributed by atoms with E-state index < -0.39 is 0 Å². The Hall–Kier alpha value is -6.16. The summed E-state index contributed by atoms with van der Waals surface area (Å²) in [5.41, 5.74) is 6.59. The summed E-state index contributed by atoms with van der Waals surface area (Å²) < 4.78 is 15.2. The molecule has 2 aliphatic rings. The highest BCUT2D eigenvalue weighted by Gasteiger charge is 2.38. The van der Waals surface area contributed by atoms with Crippen LogP contribution in [0.4, 0.5) is 11.4 Å². The lowest BCUT2D eigenvalue weighted by Gasteiger charge is -2.38. The smallest absolute Gasteiger partial charge is 0.276 e. The van der Waals surface area contributed by atoms with Gasteiger partial charge < -0.3 is 19.3 Å². The number of carbonyl (C=O) groups is 2. The van der Waals surface area contributed by atoms with E-state index in [9.17, 15) is 9.59 Å². The predicted octanol–water partition coefficient (Wildman–Crippen LogP) is 8.79. The molecule has 0 N–H and O–H groups in total. The third-order valence-electron chi connectivity index (χ3n) is 9.41. The Labute approximate surface area is 317 Å². The van der Waals surface area contributed by atoms with Gasteiger partial charge in [0, 0.05) is 17.9 Å². The molecular formula is C44H48N6O4. The number of rotatable bonds is 8. The minimum absolute atomic E-state index is 0. The number of nitrogens with zero attached hydrogens (tertiary/aromatic N) is 6. The van der Waals surface area contributed by atoms with Gasteiger partial charge in [-0.3, -0.25) is 19.0 Å². The number of hydrogen-bond acceptors (Lipinski definition) is 6. The van der Waals surface area contributed by atoms with Crippen LogP contribution in [0.1, 0.15) is 77.7 Å². The van der Waals surface area contributed by atoms with Gasteiger partial charge in [0.2, 0.25) is 0 Å². The minimum Gasteiger partial charge on any atom is -0.487 e. The maximum atomic E-state index is 13.1. The summed E-state index contributed by atoms with van der Waals surface area (Å²) in [7, 11) is 0. The van der Waals surface area contributed by atoms with Crippen LogP contribution in [-0.2, 0) is 18.8 Å². The first kappa shape index (κ1) is 37.6. The maximum Gasteiger partial charge on any atom is 0.276 e. The number of benzene rings is 4. The van der Waals surface area contributed by atoms with Crippen LogP contribution in [0.25, 0.3) is 0 Å². The van der Waals surface area contributed by atoms with Gasteiger partial charge in [0.05, 0.1) is 18.1 Å². The molecule has 2 aromatic heterocycles. The summed E-state index contributed by atoms with van der Waals surface area (Å²) in [6.45, 7) is 12.2. The zero-order valence-corrected chi connectivity index (χ0v) is 30.8. The second-order valence-corrected chi connectivity index (χ2v) is 14.2. The number of fused-ring (bicyclic) bond motifs is 2. The van der Waals surface area contributed by atoms with Crippen molar-refractivity contribution < 1.29 is 19.1 Å². The molecule has 8 rings (SSSR count). The average molecular weight is 725 g/mol. The third-order valence-corrected chi connectivity index (χ3v) is 9.41. The van der Waals surface area contributed by atoms with E-state index in [1.807, 2.05) is 154 Å². The molecule has 0 saturated heterocycles. The van der Waals surface area contributed by atoms with Crippen LogP contribution < -0.4 is 19.3 Å².